The normalized spacial score (nSPS) is 18.5. The van der Waals surface area contributed by atoms with Crippen LogP contribution in [0.3, 0.4) is 0 Å². The van der Waals surface area contributed by atoms with Crippen molar-refractivity contribution in [3.63, 3.8) is 0 Å². The minimum absolute atomic E-state index is 0.0203. The van der Waals surface area contributed by atoms with Gasteiger partial charge in [-0.15, -0.1) is 0 Å². The summed E-state index contributed by atoms with van der Waals surface area (Å²) in [5.41, 5.74) is 1.07. The van der Waals surface area contributed by atoms with Crippen LogP contribution in [-0.2, 0) is 4.79 Å². The maximum Gasteiger partial charge on any atom is 0.253 e. The molecule has 1 aromatic carbocycles. The van der Waals surface area contributed by atoms with Crippen molar-refractivity contribution in [3.8, 4) is 0 Å². The zero-order valence-electron chi connectivity index (χ0n) is 11.5. The second kappa shape index (κ2) is 5.16. The Hall–Kier alpha value is -2.44. The number of rotatable bonds is 3. The number of amides is 2. The van der Waals surface area contributed by atoms with E-state index >= 15 is 0 Å². The number of carbonyl (C=O) groups is 2. The molecule has 1 aliphatic rings. The third-order valence-electron chi connectivity index (χ3n) is 3.66. The van der Waals surface area contributed by atoms with Gasteiger partial charge in [0.15, 0.2) is 0 Å². The SMILES string of the molecule is CCN1CC(NC(=O)c2cc(F)cc3[nH]cnc23)CC1=O. The van der Waals surface area contributed by atoms with E-state index in [1.807, 2.05) is 6.92 Å². The largest absolute Gasteiger partial charge is 0.347 e. The van der Waals surface area contributed by atoms with Crippen molar-refractivity contribution < 1.29 is 14.0 Å². The Morgan fingerprint density at radius 3 is 3.10 bits per heavy atom. The number of carbonyl (C=O) groups excluding carboxylic acids is 2. The smallest absolute Gasteiger partial charge is 0.253 e. The molecule has 110 valence electrons. The highest BCUT2D eigenvalue weighted by Crippen LogP contribution is 2.18. The van der Waals surface area contributed by atoms with E-state index in [4.69, 9.17) is 0 Å². The Kier molecular flexibility index (Phi) is 3.32. The molecule has 2 heterocycles. The van der Waals surface area contributed by atoms with E-state index in [1.165, 1.54) is 12.4 Å². The monoisotopic (exact) mass is 290 g/mol. The van der Waals surface area contributed by atoms with E-state index in [9.17, 15) is 14.0 Å². The number of benzene rings is 1. The van der Waals surface area contributed by atoms with Crippen molar-refractivity contribution in [1.82, 2.24) is 20.2 Å². The van der Waals surface area contributed by atoms with Crippen LogP contribution in [0.2, 0.25) is 0 Å². The van der Waals surface area contributed by atoms with Crippen molar-refractivity contribution in [3.05, 3.63) is 29.8 Å². The number of H-pyrrole nitrogens is 1. The number of fused-ring (bicyclic) bond motifs is 1. The molecule has 0 spiro atoms. The maximum absolute atomic E-state index is 13.5. The standard InChI is InChI=1S/C14H15FN4O2/c1-2-19-6-9(5-12(19)20)18-14(21)10-3-8(15)4-11-13(10)17-7-16-11/h3-4,7,9H,2,5-6H2,1H3,(H,16,17)(H,18,21). The van der Waals surface area contributed by atoms with Gasteiger partial charge in [-0.2, -0.15) is 0 Å². The van der Waals surface area contributed by atoms with E-state index in [0.29, 0.717) is 24.1 Å². The molecule has 2 aromatic rings. The summed E-state index contributed by atoms with van der Waals surface area (Å²) in [5.74, 6) is -0.899. The molecule has 1 aromatic heterocycles. The van der Waals surface area contributed by atoms with Gasteiger partial charge in [-0.1, -0.05) is 0 Å². The number of hydrogen-bond donors (Lipinski definition) is 2. The summed E-state index contributed by atoms with van der Waals surface area (Å²) >= 11 is 0. The van der Waals surface area contributed by atoms with Crippen LogP contribution < -0.4 is 5.32 Å². The second-order valence-corrected chi connectivity index (χ2v) is 5.06. The van der Waals surface area contributed by atoms with Crippen molar-refractivity contribution in [1.29, 1.82) is 0 Å². The number of likely N-dealkylation sites (N-methyl/N-ethyl adjacent to an activating group) is 1. The summed E-state index contributed by atoms with van der Waals surface area (Å²) in [6, 6.07) is 2.20. The number of nitrogens with one attached hydrogen (secondary N) is 2. The molecule has 21 heavy (non-hydrogen) atoms. The summed E-state index contributed by atoms with van der Waals surface area (Å²) in [6.07, 6.45) is 1.69. The molecule has 1 unspecified atom stereocenters. The lowest BCUT2D eigenvalue weighted by atomic mass is 10.1. The molecule has 2 N–H and O–H groups in total. The van der Waals surface area contributed by atoms with Gasteiger partial charge in [-0.3, -0.25) is 9.59 Å². The summed E-state index contributed by atoms with van der Waals surface area (Å²) in [4.78, 5) is 32.5. The van der Waals surface area contributed by atoms with E-state index in [1.54, 1.807) is 4.90 Å². The fraction of sp³-hybridized carbons (Fsp3) is 0.357. The average Bonchev–Trinajstić information content (AvgIpc) is 3.03. The van der Waals surface area contributed by atoms with Crippen molar-refractivity contribution in [2.24, 2.45) is 0 Å². The molecule has 2 amide bonds. The summed E-state index contributed by atoms with van der Waals surface area (Å²) in [5, 5.41) is 2.78. The molecule has 0 bridgehead atoms. The lowest BCUT2D eigenvalue weighted by Gasteiger charge is -2.14. The molecule has 6 nitrogen and oxygen atoms in total. The molecule has 3 rings (SSSR count). The van der Waals surface area contributed by atoms with E-state index in [0.717, 1.165) is 6.07 Å². The minimum atomic E-state index is -0.505. The van der Waals surface area contributed by atoms with Gasteiger partial charge in [0.2, 0.25) is 5.91 Å². The molecule has 0 saturated carbocycles. The van der Waals surface area contributed by atoms with Crippen LogP contribution in [0.15, 0.2) is 18.5 Å². The number of likely N-dealkylation sites (tertiary alicyclic amines) is 1. The first-order chi connectivity index (χ1) is 10.1. The van der Waals surface area contributed by atoms with Crippen LogP contribution in [0, 0.1) is 5.82 Å². The van der Waals surface area contributed by atoms with Gasteiger partial charge >= 0.3 is 0 Å². The number of nitrogens with zero attached hydrogens (tertiary/aromatic N) is 2. The van der Waals surface area contributed by atoms with E-state index < -0.39 is 11.7 Å². The van der Waals surface area contributed by atoms with Crippen LogP contribution in [-0.4, -0.2) is 45.8 Å². The lowest BCUT2D eigenvalue weighted by molar-refractivity contribution is -0.127. The van der Waals surface area contributed by atoms with Gasteiger partial charge in [0, 0.05) is 19.5 Å². The van der Waals surface area contributed by atoms with Gasteiger partial charge in [0.05, 0.1) is 23.4 Å². The summed E-state index contributed by atoms with van der Waals surface area (Å²) < 4.78 is 13.5. The number of halogens is 1. The quantitative estimate of drug-likeness (QED) is 0.887. The number of imidazole rings is 1. The van der Waals surface area contributed by atoms with Gasteiger partial charge in [0.25, 0.3) is 5.91 Å². The fourth-order valence-electron chi connectivity index (χ4n) is 2.63. The van der Waals surface area contributed by atoms with E-state index in [-0.39, 0.29) is 23.9 Å². The number of aromatic amines is 1. The predicted molar refractivity (Wildman–Crippen MR) is 74.2 cm³/mol. The van der Waals surface area contributed by atoms with Gasteiger partial charge < -0.3 is 15.2 Å². The first-order valence-electron chi connectivity index (χ1n) is 6.79. The Balaban J connectivity index is 1.82. The van der Waals surface area contributed by atoms with E-state index in [2.05, 4.69) is 15.3 Å². The molecule has 1 fully saturated rings. The minimum Gasteiger partial charge on any atom is -0.347 e. The molecule has 1 saturated heterocycles. The molecule has 0 radical (unpaired) electrons. The third-order valence-corrected chi connectivity index (χ3v) is 3.66. The van der Waals surface area contributed by atoms with Crippen LogP contribution in [0.4, 0.5) is 4.39 Å². The Morgan fingerprint density at radius 1 is 1.57 bits per heavy atom. The summed E-state index contributed by atoms with van der Waals surface area (Å²) in [6.45, 7) is 3.00. The van der Waals surface area contributed by atoms with Crippen LogP contribution >= 0.6 is 0 Å². The highest BCUT2D eigenvalue weighted by atomic mass is 19.1. The van der Waals surface area contributed by atoms with Crippen LogP contribution in [0.1, 0.15) is 23.7 Å². The van der Waals surface area contributed by atoms with Gasteiger partial charge in [-0.25, -0.2) is 9.37 Å². The predicted octanol–water partition coefficient (Wildman–Crippen LogP) is 1.05. The average molecular weight is 290 g/mol. The van der Waals surface area contributed by atoms with Crippen LogP contribution in [0.25, 0.3) is 11.0 Å². The maximum atomic E-state index is 13.5. The van der Waals surface area contributed by atoms with Crippen molar-refractivity contribution in [2.75, 3.05) is 13.1 Å². The van der Waals surface area contributed by atoms with Crippen molar-refractivity contribution in [2.45, 2.75) is 19.4 Å². The number of hydrogen-bond acceptors (Lipinski definition) is 3. The zero-order valence-corrected chi connectivity index (χ0v) is 11.5. The molecule has 0 aliphatic carbocycles. The summed E-state index contributed by atoms with van der Waals surface area (Å²) in [7, 11) is 0. The topological polar surface area (TPSA) is 78.1 Å². The molecular weight excluding hydrogens is 275 g/mol. The van der Waals surface area contributed by atoms with Gasteiger partial charge in [0.1, 0.15) is 11.3 Å². The number of aromatic nitrogens is 2. The molecule has 1 aliphatic heterocycles. The zero-order chi connectivity index (χ0) is 15.0. The Bertz CT molecular complexity index is 712. The Morgan fingerprint density at radius 2 is 2.38 bits per heavy atom. The van der Waals surface area contributed by atoms with Gasteiger partial charge in [-0.05, 0) is 19.1 Å². The molecule has 1 atom stereocenters. The van der Waals surface area contributed by atoms with Crippen LogP contribution in [0.5, 0.6) is 0 Å². The highest BCUT2D eigenvalue weighted by Gasteiger charge is 2.30. The third kappa shape index (κ3) is 2.46. The highest BCUT2D eigenvalue weighted by molar-refractivity contribution is 6.05. The second-order valence-electron chi connectivity index (χ2n) is 5.06. The first kappa shape index (κ1) is 13.5. The molecular formula is C14H15FN4O2. The Labute approximate surface area is 120 Å². The lowest BCUT2D eigenvalue weighted by Crippen LogP contribution is -2.37. The molecule has 7 heteroatoms. The fourth-order valence-corrected chi connectivity index (χ4v) is 2.63. The van der Waals surface area contributed by atoms with Crippen molar-refractivity contribution >= 4 is 22.8 Å². The first-order valence-corrected chi connectivity index (χ1v) is 6.79.